The second kappa shape index (κ2) is 13.2. The van der Waals surface area contributed by atoms with E-state index in [2.05, 4.69) is 16.7 Å². The molecule has 2 aliphatic rings. The van der Waals surface area contributed by atoms with Crippen molar-refractivity contribution < 1.29 is 19.4 Å². The lowest BCUT2D eigenvalue weighted by Crippen LogP contribution is -2.49. The molecule has 0 aromatic heterocycles. The maximum absolute atomic E-state index is 13.6. The van der Waals surface area contributed by atoms with Crippen molar-refractivity contribution in [1.29, 1.82) is 0 Å². The molecule has 1 aliphatic carbocycles. The number of carbonyl (C=O) groups excluding carboxylic acids is 2. The predicted octanol–water partition coefficient (Wildman–Crippen LogP) is 5.27. The van der Waals surface area contributed by atoms with Gasteiger partial charge in [0.05, 0.1) is 12.7 Å². The van der Waals surface area contributed by atoms with E-state index in [0.29, 0.717) is 37.0 Å². The van der Waals surface area contributed by atoms with Crippen molar-refractivity contribution in [2.24, 2.45) is 11.8 Å². The Balaban J connectivity index is 1.66. The van der Waals surface area contributed by atoms with Crippen molar-refractivity contribution >= 4 is 23.6 Å². The number of methoxy groups -OCH3 is 1. The predicted molar refractivity (Wildman–Crippen MR) is 155 cm³/mol. The quantitative estimate of drug-likeness (QED) is 0.367. The van der Waals surface area contributed by atoms with Crippen molar-refractivity contribution in [1.82, 2.24) is 15.5 Å². The number of nitrogens with one attached hydrogen (secondary N) is 2. The number of carbonyl (C=O) groups is 2. The highest BCUT2D eigenvalue weighted by Crippen LogP contribution is 2.46. The zero-order valence-electron chi connectivity index (χ0n) is 23.3. The van der Waals surface area contributed by atoms with Gasteiger partial charge in [-0.15, -0.1) is 0 Å². The summed E-state index contributed by atoms with van der Waals surface area (Å²) >= 11 is 6.82. The number of alkyl carbamates (subject to hydrolysis) is 1. The molecule has 0 spiro atoms. The van der Waals surface area contributed by atoms with E-state index >= 15 is 0 Å². The highest BCUT2D eigenvalue weighted by molar-refractivity contribution is 6.33. The first kappa shape index (κ1) is 29.4. The Bertz CT molecular complexity index is 1160. The Morgan fingerprint density at radius 3 is 2.69 bits per heavy atom. The average molecular weight is 556 g/mol. The van der Waals surface area contributed by atoms with Crippen LogP contribution in [0, 0.1) is 18.8 Å². The molecule has 1 aliphatic heterocycles. The van der Waals surface area contributed by atoms with Crippen LogP contribution in [0.25, 0.3) is 11.1 Å². The normalized spacial score (nSPS) is 22.8. The summed E-state index contributed by atoms with van der Waals surface area (Å²) in [6.07, 6.45) is 4.88. The maximum atomic E-state index is 13.6. The molecule has 2 amide bonds. The van der Waals surface area contributed by atoms with Crippen molar-refractivity contribution in [3.63, 3.8) is 0 Å². The molecule has 4 atom stereocenters. The largest absolute Gasteiger partial charge is 0.453 e. The molecular formula is C31H42ClN3O4. The Labute approximate surface area is 237 Å². The lowest BCUT2D eigenvalue weighted by Gasteiger charge is -2.44. The van der Waals surface area contributed by atoms with Crippen LogP contribution in [-0.4, -0.2) is 61.8 Å². The van der Waals surface area contributed by atoms with E-state index in [1.807, 2.05) is 55.3 Å². The van der Waals surface area contributed by atoms with Gasteiger partial charge in [-0.2, -0.15) is 0 Å². The molecule has 8 heteroatoms. The molecule has 1 saturated heterocycles. The number of halogens is 1. The molecule has 4 rings (SSSR count). The van der Waals surface area contributed by atoms with Crippen LogP contribution < -0.4 is 10.6 Å². The van der Waals surface area contributed by atoms with E-state index in [4.69, 9.17) is 16.3 Å². The minimum Gasteiger partial charge on any atom is -0.453 e. The number of aliphatic hydroxyl groups is 1. The first-order chi connectivity index (χ1) is 18.8. The highest BCUT2D eigenvalue weighted by Gasteiger charge is 2.44. The fourth-order valence-electron chi connectivity index (χ4n) is 6.45. The van der Waals surface area contributed by atoms with Crippen LogP contribution >= 0.6 is 11.6 Å². The average Bonchev–Trinajstić information content (AvgIpc) is 3.44. The number of hydrogen-bond acceptors (Lipinski definition) is 5. The van der Waals surface area contributed by atoms with E-state index in [1.165, 1.54) is 7.11 Å². The van der Waals surface area contributed by atoms with Gasteiger partial charge in [0.2, 0.25) is 5.91 Å². The van der Waals surface area contributed by atoms with Gasteiger partial charge in [-0.1, -0.05) is 53.6 Å². The van der Waals surface area contributed by atoms with Gasteiger partial charge in [-0.25, -0.2) is 4.79 Å². The number of amides is 2. The molecule has 2 fully saturated rings. The molecule has 39 heavy (non-hydrogen) atoms. The molecule has 3 N–H and O–H groups in total. The number of ether oxygens (including phenoxy) is 1. The molecule has 212 valence electrons. The first-order valence-electron chi connectivity index (χ1n) is 14.1. The Hall–Kier alpha value is -2.61. The van der Waals surface area contributed by atoms with Crippen LogP contribution in [0.3, 0.4) is 0 Å². The van der Waals surface area contributed by atoms with Crippen molar-refractivity contribution in [2.75, 3.05) is 33.8 Å². The van der Waals surface area contributed by atoms with E-state index in [-0.39, 0.29) is 17.7 Å². The van der Waals surface area contributed by atoms with Crippen molar-refractivity contribution in [3.05, 3.63) is 58.6 Å². The molecule has 1 heterocycles. The molecule has 1 saturated carbocycles. The standard InChI is InChI=1S/C31H42ClN3O4/c1-21-8-4-9-22(18-21)28-26(11-5-12-27(28)32)31(38,15-7-16-34-30(37)39-3)24-10-6-17-35(20-24)29(36)23-13-14-25(19-23)33-2/h4-5,8-9,11-12,18,23-25,33,38H,6-7,10,13-17,19-20H2,1-3H3,(H,34,37)/t23-,24?,25-,31+/m1/s1. The highest BCUT2D eigenvalue weighted by atomic mass is 35.5. The van der Waals surface area contributed by atoms with Crippen LogP contribution in [0.2, 0.25) is 5.02 Å². The van der Waals surface area contributed by atoms with Gasteiger partial charge < -0.3 is 25.4 Å². The summed E-state index contributed by atoms with van der Waals surface area (Å²) in [6, 6.07) is 14.2. The van der Waals surface area contributed by atoms with Crippen LogP contribution in [0.1, 0.15) is 56.1 Å². The van der Waals surface area contributed by atoms with Gasteiger partial charge in [0.15, 0.2) is 0 Å². The molecular weight excluding hydrogens is 514 g/mol. The zero-order valence-corrected chi connectivity index (χ0v) is 24.1. The minimum atomic E-state index is -1.25. The smallest absolute Gasteiger partial charge is 0.406 e. The molecule has 2 aromatic carbocycles. The van der Waals surface area contributed by atoms with Crippen LogP contribution in [0.5, 0.6) is 0 Å². The van der Waals surface area contributed by atoms with Gasteiger partial charge >= 0.3 is 6.09 Å². The third kappa shape index (κ3) is 6.76. The van der Waals surface area contributed by atoms with Crippen LogP contribution in [0.4, 0.5) is 4.79 Å². The first-order valence-corrected chi connectivity index (χ1v) is 14.5. The Morgan fingerprint density at radius 1 is 1.18 bits per heavy atom. The van der Waals surface area contributed by atoms with Crippen molar-refractivity contribution in [3.8, 4) is 11.1 Å². The van der Waals surface area contributed by atoms with Gasteiger partial charge in [-0.3, -0.25) is 4.79 Å². The number of benzene rings is 2. The topological polar surface area (TPSA) is 90.9 Å². The summed E-state index contributed by atoms with van der Waals surface area (Å²) in [5, 5.41) is 19.3. The molecule has 1 unspecified atom stereocenters. The van der Waals surface area contributed by atoms with E-state index < -0.39 is 11.7 Å². The summed E-state index contributed by atoms with van der Waals surface area (Å²) in [4.78, 5) is 27.2. The lowest BCUT2D eigenvalue weighted by atomic mass is 9.72. The molecule has 7 nitrogen and oxygen atoms in total. The summed E-state index contributed by atoms with van der Waals surface area (Å²) in [5.41, 5.74) is 2.41. The summed E-state index contributed by atoms with van der Waals surface area (Å²) in [7, 11) is 3.29. The third-order valence-corrected chi connectivity index (χ3v) is 8.89. The summed E-state index contributed by atoms with van der Waals surface area (Å²) < 4.78 is 4.71. The monoisotopic (exact) mass is 555 g/mol. The molecule has 2 aromatic rings. The van der Waals surface area contributed by atoms with Gasteiger partial charge in [0.25, 0.3) is 0 Å². The van der Waals surface area contributed by atoms with E-state index in [1.54, 1.807) is 0 Å². The van der Waals surface area contributed by atoms with Crippen molar-refractivity contribution in [2.45, 2.75) is 63.5 Å². The van der Waals surface area contributed by atoms with Gasteiger partial charge in [0, 0.05) is 48.1 Å². The minimum absolute atomic E-state index is 0.0348. The fraction of sp³-hybridized carbons (Fsp3) is 0.548. The molecule has 0 radical (unpaired) electrons. The summed E-state index contributed by atoms with van der Waals surface area (Å²) in [5.74, 6) is 0.0709. The SMILES string of the molecule is CN[C@@H]1CC[C@@H](C(=O)N2CCCC([C@@](O)(CCCNC(=O)OC)c3cccc(Cl)c3-c3cccc(C)c3)C2)C1. The summed E-state index contributed by atoms with van der Waals surface area (Å²) in [6.45, 7) is 3.63. The number of nitrogens with zero attached hydrogens (tertiary/aromatic N) is 1. The number of rotatable bonds is 9. The zero-order chi connectivity index (χ0) is 28.0. The Kier molecular flexibility index (Phi) is 9.91. The third-order valence-electron chi connectivity index (χ3n) is 8.57. The second-order valence-electron chi connectivity index (χ2n) is 11.1. The maximum Gasteiger partial charge on any atom is 0.406 e. The van der Waals surface area contributed by atoms with E-state index in [0.717, 1.165) is 60.9 Å². The number of hydrogen-bond donors (Lipinski definition) is 3. The van der Waals surface area contributed by atoms with Gasteiger partial charge in [-0.05, 0) is 76.1 Å². The lowest BCUT2D eigenvalue weighted by molar-refractivity contribution is -0.140. The van der Waals surface area contributed by atoms with Gasteiger partial charge in [0.1, 0.15) is 0 Å². The Morgan fingerprint density at radius 2 is 1.97 bits per heavy atom. The second-order valence-corrected chi connectivity index (χ2v) is 11.5. The number of aryl methyl sites for hydroxylation is 1. The number of likely N-dealkylation sites (tertiary alicyclic amines) is 1. The van der Waals surface area contributed by atoms with Crippen LogP contribution in [-0.2, 0) is 15.1 Å². The van der Waals surface area contributed by atoms with E-state index in [9.17, 15) is 14.7 Å². The van der Waals surface area contributed by atoms with Crippen LogP contribution in [0.15, 0.2) is 42.5 Å². The molecule has 0 bridgehead atoms. The number of piperidine rings is 1. The fourth-order valence-corrected chi connectivity index (χ4v) is 6.74.